The van der Waals surface area contributed by atoms with E-state index in [1.807, 2.05) is 48.5 Å². The van der Waals surface area contributed by atoms with Gasteiger partial charge in [0.05, 0.1) is 22.6 Å². The fourth-order valence-corrected chi connectivity index (χ4v) is 7.05. The second-order valence-electron chi connectivity index (χ2n) is 12.1. The normalized spacial score (nSPS) is 13.4. The summed E-state index contributed by atoms with van der Waals surface area (Å²) >= 11 is 0. The minimum atomic E-state index is -0.216. The smallest absolute Gasteiger partial charge is 0.197 e. The summed E-state index contributed by atoms with van der Waals surface area (Å²) in [6.45, 7) is 0. The number of hydrogen-bond donors (Lipinski definition) is 0. The maximum Gasteiger partial charge on any atom is 0.197 e. The molecule has 7 aromatic carbocycles. The summed E-state index contributed by atoms with van der Waals surface area (Å²) in [6, 6.07) is 49.5. The van der Waals surface area contributed by atoms with E-state index < -0.39 is 0 Å². The molecular formula is C44H27NO2. The molecular weight excluding hydrogens is 574 g/mol. The highest BCUT2D eigenvalue weighted by Crippen LogP contribution is 2.47. The van der Waals surface area contributed by atoms with Crippen molar-refractivity contribution in [2.45, 2.75) is 0 Å². The Labute approximate surface area is 272 Å². The van der Waals surface area contributed by atoms with Crippen LogP contribution in [0.25, 0.3) is 50.9 Å². The van der Waals surface area contributed by atoms with E-state index in [0.717, 1.165) is 66.4 Å². The molecule has 220 valence electrons. The molecule has 47 heavy (non-hydrogen) atoms. The van der Waals surface area contributed by atoms with Gasteiger partial charge in [0.15, 0.2) is 11.6 Å². The van der Waals surface area contributed by atoms with Crippen LogP contribution in [0.2, 0.25) is 0 Å². The molecule has 1 aliphatic carbocycles. The monoisotopic (exact) mass is 601 g/mol. The molecule has 2 aliphatic rings. The number of fused-ring (bicyclic) bond motifs is 6. The summed E-state index contributed by atoms with van der Waals surface area (Å²) in [6.07, 6.45) is 6.13. The van der Waals surface area contributed by atoms with Crippen LogP contribution in [0.1, 0.15) is 37.4 Å². The molecule has 1 aliphatic heterocycles. The van der Waals surface area contributed by atoms with Crippen LogP contribution in [0.4, 0.5) is 17.1 Å². The van der Waals surface area contributed by atoms with Crippen molar-refractivity contribution in [3.05, 3.63) is 179 Å². The number of carbonyl (C=O) groups excluding carboxylic acids is 2. The van der Waals surface area contributed by atoms with Crippen LogP contribution in [0.3, 0.4) is 0 Å². The highest BCUT2D eigenvalue weighted by molar-refractivity contribution is 6.42. The van der Waals surface area contributed by atoms with E-state index in [4.69, 9.17) is 0 Å². The number of ketones is 2. The minimum absolute atomic E-state index is 0.212. The van der Waals surface area contributed by atoms with Gasteiger partial charge < -0.3 is 4.90 Å². The lowest BCUT2D eigenvalue weighted by molar-refractivity contribution is 0.0990. The zero-order valence-corrected chi connectivity index (χ0v) is 25.4. The van der Waals surface area contributed by atoms with E-state index in [-0.39, 0.29) is 17.1 Å². The van der Waals surface area contributed by atoms with Crippen molar-refractivity contribution in [1.82, 2.24) is 0 Å². The van der Waals surface area contributed by atoms with Gasteiger partial charge in [0, 0.05) is 22.3 Å². The topological polar surface area (TPSA) is 37.4 Å². The number of hydrogen-bond acceptors (Lipinski definition) is 3. The molecule has 1 heterocycles. The molecule has 0 spiro atoms. The summed E-state index contributed by atoms with van der Waals surface area (Å²) in [5.74, 6) is -0.433. The number of allylic oxidation sites excluding steroid dienone is 1. The highest BCUT2D eigenvalue weighted by Gasteiger charge is 2.33. The zero-order chi connectivity index (χ0) is 31.5. The third-order valence-corrected chi connectivity index (χ3v) is 9.32. The van der Waals surface area contributed by atoms with Crippen LogP contribution in [0.5, 0.6) is 0 Å². The molecule has 7 aromatic rings. The Morgan fingerprint density at radius 2 is 1.13 bits per heavy atom. The van der Waals surface area contributed by atoms with Gasteiger partial charge in [0.2, 0.25) is 0 Å². The lowest BCUT2D eigenvalue weighted by atomic mass is 9.97. The number of anilines is 3. The SMILES string of the molecule is O=C1C(=Cc2ccc3c4c(ccc3c2)N(c2ccccc2-c2ccccc2)c2ccccc2C=C4)C(=O)c2cc3ccccc3cc21. The lowest BCUT2D eigenvalue weighted by Gasteiger charge is -2.29. The average molecular weight is 602 g/mol. The van der Waals surface area contributed by atoms with Crippen LogP contribution in [0, 0.1) is 0 Å². The van der Waals surface area contributed by atoms with Crippen molar-refractivity contribution in [2.75, 3.05) is 4.90 Å². The van der Waals surface area contributed by atoms with E-state index in [0.29, 0.717) is 11.1 Å². The van der Waals surface area contributed by atoms with Gasteiger partial charge in [-0.05, 0) is 80.7 Å². The molecule has 0 atom stereocenters. The Morgan fingerprint density at radius 1 is 0.468 bits per heavy atom. The van der Waals surface area contributed by atoms with Gasteiger partial charge in [0.1, 0.15) is 0 Å². The summed E-state index contributed by atoms with van der Waals surface area (Å²) in [7, 11) is 0. The third-order valence-electron chi connectivity index (χ3n) is 9.32. The molecule has 0 aromatic heterocycles. The van der Waals surface area contributed by atoms with Crippen molar-refractivity contribution >= 4 is 68.4 Å². The maximum absolute atomic E-state index is 13.5. The molecule has 3 heteroatoms. The molecule has 0 amide bonds. The van der Waals surface area contributed by atoms with Crippen LogP contribution in [0.15, 0.2) is 151 Å². The Kier molecular flexibility index (Phi) is 6.12. The number of nitrogens with zero attached hydrogens (tertiary/aromatic N) is 1. The Morgan fingerprint density at radius 3 is 1.89 bits per heavy atom. The van der Waals surface area contributed by atoms with Crippen molar-refractivity contribution < 1.29 is 9.59 Å². The predicted octanol–water partition coefficient (Wildman–Crippen LogP) is 11.1. The van der Waals surface area contributed by atoms with Gasteiger partial charge in [-0.2, -0.15) is 0 Å². The first-order valence-electron chi connectivity index (χ1n) is 15.8. The summed E-state index contributed by atoms with van der Waals surface area (Å²) in [5, 5.41) is 4.03. The summed E-state index contributed by atoms with van der Waals surface area (Å²) in [4.78, 5) is 29.3. The van der Waals surface area contributed by atoms with Gasteiger partial charge in [-0.15, -0.1) is 0 Å². The summed E-state index contributed by atoms with van der Waals surface area (Å²) < 4.78 is 0. The van der Waals surface area contributed by atoms with E-state index in [1.165, 1.54) is 0 Å². The fraction of sp³-hybridized carbons (Fsp3) is 0. The number of benzene rings is 7. The average Bonchev–Trinajstić information content (AvgIpc) is 3.24. The van der Waals surface area contributed by atoms with Gasteiger partial charge in [-0.1, -0.05) is 121 Å². The fourth-order valence-electron chi connectivity index (χ4n) is 7.05. The Balaban J connectivity index is 1.17. The van der Waals surface area contributed by atoms with E-state index >= 15 is 0 Å². The van der Waals surface area contributed by atoms with Gasteiger partial charge >= 0.3 is 0 Å². The number of carbonyl (C=O) groups is 2. The largest absolute Gasteiger partial charge is 0.309 e. The minimum Gasteiger partial charge on any atom is -0.309 e. The van der Waals surface area contributed by atoms with Crippen LogP contribution < -0.4 is 4.90 Å². The zero-order valence-electron chi connectivity index (χ0n) is 25.4. The Hall–Kier alpha value is -6.32. The molecule has 9 rings (SSSR count). The second-order valence-corrected chi connectivity index (χ2v) is 12.1. The number of para-hydroxylation sites is 2. The molecule has 3 nitrogen and oxygen atoms in total. The number of rotatable bonds is 3. The van der Waals surface area contributed by atoms with Gasteiger partial charge in [-0.25, -0.2) is 0 Å². The second kappa shape index (κ2) is 10.6. The van der Waals surface area contributed by atoms with Crippen LogP contribution in [-0.4, -0.2) is 11.6 Å². The van der Waals surface area contributed by atoms with Crippen LogP contribution in [-0.2, 0) is 0 Å². The molecule has 0 saturated carbocycles. The third kappa shape index (κ3) is 4.36. The summed E-state index contributed by atoms with van der Waals surface area (Å²) in [5.41, 5.74) is 9.82. The van der Waals surface area contributed by atoms with E-state index in [2.05, 4.69) is 114 Å². The highest BCUT2D eigenvalue weighted by atomic mass is 16.2. The van der Waals surface area contributed by atoms with E-state index in [9.17, 15) is 9.59 Å². The molecule has 0 bridgehead atoms. The first-order chi connectivity index (χ1) is 23.1. The molecule has 0 saturated heterocycles. The number of Topliss-reactive ketones (excluding diaryl/α,β-unsaturated/α-hetero) is 2. The lowest BCUT2D eigenvalue weighted by Crippen LogP contribution is -2.13. The Bertz CT molecular complexity index is 2450. The predicted molar refractivity (Wildman–Crippen MR) is 194 cm³/mol. The first-order valence-corrected chi connectivity index (χ1v) is 15.8. The van der Waals surface area contributed by atoms with Crippen molar-refractivity contribution in [2.24, 2.45) is 0 Å². The van der Waals surface area contributed by atoms with Crippen molar-refractivity contribution in [1.29, 1.82) is 0 Å². The standard InChI is InChI=1S/C44H27NO2/c46-43-37-26-31-13-4-5-14-32(31)27-38(37)44(47)39(43)25-28-18-21-34-33(24-28)20-23-42-36(34)22-19-30-12-6-8-16-40(30)45(42)41-17-9-7-15-35(41)29-10-2-1-3-11-29/h1-27H. The molecule has 0 fully saturated rings. The molecule has 0 N–H and O–H groups in total. The van der Waals surface area contributed by atoms with Gasteiger partial charge in [-0.3, -0.25) is 9.59 Å². The van der Waals surface area contributed by atoms with Crippen molar-refractivity contribution in [3.8, 4) is 11.1 Å². The van der Waals surface area contributed by atoms with Crippen LogP contribution >= 0.6 is 0 Å². The molecule has 0 radical (unpaired) electrons. The van der Waals surface area contributed by atoms with Gasteiger partial charge in [0.25, 0.3) is 0 Å². The van der Waals surface area contributed by atoms with E-state index in [1.54, 1.807) is 6.08 Å². The maximum atomic E-state index is 13.5. The molecule has 0 unspecified atom stereocenters. The quantitative estimate of drug-likeness (QED) is 0.149. The van der Waals surface area contributed by atoms with Crippen molar-refractivity contribution in [3.63, 3.8) is 0 Å². The first kappa shape index (κ1) is 27.0.